The number of carbonyl (C=O) groups excluding carboxylic acids is 1. The Labute approximate surface area is 106 Å². The van der Waals surface area contributed by atoms with Crippen LogP contribution in [0.5, 0.6) is 0 Å². The van der Waals surface area contributed by atoms with E-state index < -0.39 is 6.04 Å². The summed E-state index contributed by atoms with van der Waals surface area (Å²) in [5, 5.41) is 5.23. The molecule has 1 heterocycles. The van der Waals surface area contributed by atoms with Crippen molar-refractivity contribution in [2.75, 3.05) is 5.32 Å². The number of aromatic nitrogens is 1. The topological polar surface area (TPSA) is 68.0 Å². The predicted octanol–water partition coefficient (Wildman–Crippen LogP) is 2.19. The van der Waals surface area contributed by atoms with Gasteiger partial charge in [0.05, 0.1) is 11.7 Å². The zero-order valence-corrected chi connectivity index (χ0v) is 11.3. The summed E-state index contributed by atoms with van der Waals surface area (Å²) < 4.78 is 0. The molecule has 0 saturated carbocycles. The molecule has 0 bridgehead atoms. The van der Waals surface area contributed by atoms with Gasteiger partial charge in [0, 0.05) is 5.38 Å². The van der Waals surface area contributed by atoms with E-state index in [-0.39, 0.29) is 18.3 Å². The number of amides is 1. The molecule has 0 saturated heterocycles. The number of halogens is 1. The van der Waals surface area contributed by atoms with Crippen molar-refractivity contribution in [2.24, 2.45) is 11.7 Å². The van der Waals surface area contributed by atoms with Crippen molar-refractivity contribution in [3.63, 3.8) is 0 Å². The van der Waals surface area contributed by atoms with Crippen LogP contribution in [0.25, 0.3) is 0 Å². The van der Waals surface area contributed by atoms with E-state index >= 15 is 0 Å². The number of rotatable bonds is 4. The highest BCUT2D eigenvalue weighted by molar-refractivity contribution is 7.13. The fourth-order valence-electron chi connectivity index (χ4n) is 1.22. The third-order valence-electron chi connectivity index (χ3n) is 1.91. The number of aryl methyl sites for hydroxylation is 1. The molecule has 16 heavy (non-hydrogen) atoms. The maximum absolute atomic E-state index is 11.6. The van der Waals surface area contributed by atoms with E-state index in [4.69, 9.17) is 5.73 Å². The maximum atomic E-state index is 11.6. The standard InChI is InChI=1S/C10H17N3OS.ClH/c1-6(2)4-8(11)9(14)13-10-12-7(3)5-15-10;/h5-6,8H,4,11H2,1-3H3,(H,12,13,14);1H/t8-;/m0./s1. The molecule has 0 unspecified atom stereocenters. The van der Waals surface area contributed by atoms with Crippen LogP contribution in [0, 0.1) is 12.8 Å². The molecule has 0 aromatic carbocycles. The molecule has 1 aromatic rings. The van der Waals surface area contributed by atoms with Crippen molar-refractivity contribution >= 4 is 34.8 Å². The summed E-state index contributed by atoms with van der Waals surface area (Å²) in [6.07, 6.45) is 0.691. The number of nitrogens with one attached hydrogen (secondary N) is 1. The van der Waals surface area contributed by atoms with Gasteiger partial charge in [0.15, 0.2) is 5.13 Å². The monoisotopic (exact) mass is 263 g/mol. The Hall–Kier alpha value is -0.650. The van der Waals surface area contributed by atoms with Crippen molar-refractivity contribution in [3.8, 4) is 0 Å². The van der Waals surface area contributed by atoms with Gasteiger partial charge in [-0.15, -0.1) is 23.7 Å². The van der Waals surface area contributed by atoms with E-state index in [0.29, 0.717) is 17.5 Å². The Morgan fingerprint density at radius 3 is 2.69 bits per heavy atom. The molecule has 4 nitrogen and oxygen atoms in total. The van der Waals surface area contributed by atoms with Gasteiger partial charge in [-0.25, -0.2) is 4.98 Å². The van der Waals surface area contributed by atoms with Gasteiger partial charge < -0.3 is 11.1 Å². The van der Waals surface area contributed by atoms with Gasteiger partial charge >= 0.3 is 0 Å². The Balaban J connectivity index is 0.00000225. The van der Waals surface area contributed by atoms with Crippen molar-refractivity contribution in [3.05, 3.63) is 11.1 Å². The molecular weight excluding hydrogens is 246 g/mol. The smallest absolute Gasteiger partial charge is 0.243 e. The second-order valence-electron chi connectivity index (χ2n) is 4.02. The second kappa shape index (κ2) is 6.83. The average molecular weight is 264 g/mol. The molecule has 1 rings (SSSR count). The Morgan fingerprint density at radius 1 is 1.62 bits per heavy atom. The summed E-state index contributed by atoms with van der Waals surface area (Å²) in [7, 11) is 0. The molecule has 92 valence electrons. The van der Waals surface area contributed by atoms with Gasteiger partial charge in [-0.2, -0.15) is 0 Å². The van der Waals surface area contributed by atoms with Gasteiger partial charge in [-0.1, -0.05) is 13.8 Å². The van der Waals surface area contributed by atoms with Gasteiger partial charge in [0.2, 0.25) is 5.91 Å². The van der Waals surface area contributed by atoms with Gasteiger partial charge in [-0.3, -0.25) is 4.79 Å². The first-order valence-corrected chi connectivity index (χ1v) is 5.85. The quantitative estimate of drug-likeness (QED) is 0.875. The van der Waals surface area contributed by atoms with E-state index in [1.807, 2.05) is 26.2 Å². The highest BCUT2D eigenvalue weighted by Gasteiger charge is 2.15. The minimum Gasteiger partial charge on any atom is -0.320 e. The molecule has 0 fully saturated rings. The van der Waals surface area contributed by atoms with Crippen LogP contribution in [0.2, 0.25) is 0 Å². The third-order valence-corrected chi connectivity index (χ3v) is 2.79. The molecule has 6 heteroatoms. The zero-order valence-electron chi connectivity index (χ0n) is 9.69. The van der Waals surface area contributed by atoms with Crippen LogP contribution in [0.4, 0.5) is 5.13 Å². The number of thiazole rings is 1. The average Bonchev–Trinajstić information content (AvgIpc) is 2.50. The highest BCUT2D eigenvalue weighted by atomic mass is 35.5. The van der Waals surface area contributed by atoms with E-state index in [9.17, 15) is 4.79 Å². The Kier molecular flexibility index (Phi) is 6.55. The molecular formula is C10H18ClN3OS. The molecule has 1 amide bonds. The second-order valence-corrected chi connectivity index (χ2v) is 4.88. The van der Waals surface area contributed by atoms with E-state index in [2.05, 4.69) is 10.3 Å². The Bertz CT molecular complexity index is 341. The number of hydrogen-bond acceptors (Lipinski definition) is 4. The molecule has 0 aliphatic heterocycles. The lowest BCUT2D eigenvalue weighted by Crippen LogP contribution is -2.36. The number of hydrogen-bond donors (Lipinski definition) is 2. The van der Waals surface area contributed by atoms with Crippen LogP contribution < -0.4 is 11.1 Å². The SMILES string of the molecule is Cc1csc(NC(=O)[C@@H](N)CC(C)C)n1.Cl. The van der Waals surface area contributed by atoms with E-state index in [0.717, 1.165) is 5.69 Å². The molecule has 3 N–H and O–H groups in total. The fraction of sp³-hybridized carbons (Fsp3) is 0.600. The zero-order chi connectivity index (χ0) is 11.4. The van der Waals surface area contributed by atoms with Crippen molar-refractivity contribution < 1.29 is 4.79 Å². The van der Waals surface area contributed by atoms with Crippen molar-refractivity contribution in [1.82, 2.24) is 4.98 Å². The largest absolute Gasteiger partial charge is 0.320 e. The molecule has 1 aromatic heterocycles. The van der Waals surface area contributed by atoms with Crippen LogP contribution in [0.1, 0.15) is 26.0 Å². The van der Waals surface area contributed by atoms with E-state index in [1.54, 1.807) is 0 Å². The summed E-state index contributed by atoms with van der Waals surface area (Å²) in [5.41, 5.74) is 6.65. The summed E-state index contributed by atoms with van der Waals surface area (Å²) in [4.78, 5) is 15.7. The van der Waals surface area contributed by atoms with Gasteiger partial charge in [0.1, 0.15) is 0 Å². The number of anilines is 1. The number of nitrogens with two attached hydrogens (primary N) is 1. The molecule has 0 radical (unpaired) electrons. The van der Waals surface area contributed by atoms with Crippen LogP contribution in [-0.4, -0.2) is 16.9 Å². The maximum Gasteiger partial charge on any atom is 0.243 e. The minimum atomic E-state index is -0.450. The normalized spacial score (nSPS) is 12.1. The summed E-state index contributed by atoms with van der Waals surface area (Å²) >= 11 is 1.42. The first kappa shape index (κ1) is 15.3. The van der Waals surface area contributed by atoms with Crippen LogP contribution in [-0.2, 0) is 4.79 Å². The van der Waals surface area contributed by atoms with Crippen LogP contribution in [0.15, 0.2) is 5.38 Å². The third kappa shape index (κ3) is 4.92. The van der Waals surface area contributed by atoms with E-state index in [1.165, 1.54) is 11.3 Å². The number of carbonyl (C=O) groups is 1. The van der Waals surface area contributed by atoms with Crippen LogP contribution >= 0.6 is 23.7 Å². The molecule has 0 aliphatic rings. The molecule has 0 aliphatic carbocycles. The van der Waals surface area contributed by atoms with Gasteiger partial charge in [-0.05, 0) is 19.3 Å². The first-order chi connectivity index (χ1) is 6.99. The molecule has 1 atom stereocenters. The van der Waals surface area contributed by atoms with Crippen molar-refractivity contribution in [2.45, 2.75) is 33.2 Å². The highest BCUT2D eigenvalue weighted by Crippen LogP contribution is 2.15. The summed E-state index contributed by atoms with van der Waals surface area (Å²) in [5.74, 6) is 0.266. The lowest BCUT2D eigenvalue weighted by atomic mass is 10.0. The summed E-state index contributed by atoms with van der Waals surface area (Å²) in [6, 6.07) is -0.450. The van der Waals surface area contributed by atoms with Gasteiger partial charge in [0.25, 0.3) is 0 Å². The number of nitrogens with zero attached hydrogens (tertiary/aromatic N) is 1. The van der Waals surface area contributed by atoms with Crippen molar-refractivity contribution in [1.29, 1.82) is 0 Å². The molecule has 0 spiro atoms. The first-order valence-electron chi connectivity index (χ1n) is 4.97. The lowest BCUT2D eigenvalue weighted by molar-refractivity contribution is -0.117. The predicted molar refractivity (Wildman–Crippen MR) is 70.2 cm³/mol. The fourth-order valence-corrected chi connectivity index (χ4v) is 1.92. The summed E-state index contributed by atoms with van der Waals surface area (Å²) in [6.45, 7) is 5.97. The lowest BCUT2D eigenvalue weighted by Gasteiger charge is -2.12. The Morgan fingerprint density at radius 2 is 2.25 bits per heavy atom. The minimum absolute atomic E-state index is 0. The van der Waals surface area contributed by atoms with Crippen LogP contribution in [0.3, 0.4) is 0 Å².